The van der Waals surface area contributed by atoms with E-state index in [-0.39, 0.29) is 0 Å². The third kappa shape index (κ3) is 1.94. The summed E-state index contributed by atoms with van der Waals surface area (Å²) in [4.78, 5) is 4.25. The molecule has 4 heteroatoms. The van der Waals surface area contributed by atoms with Crippen LogP contribution in [0.1, 0.15) is 0 Å². The molecule has 3 rings (SSSR count). The molecular formula is C13H11N3S. The Morgan fingerprint density at radius 2 is 2.00 bits per heavy atom. The number of anilines is 3. The second-order valence-corrected chi connectivity index (χ2v) is 4.63. The Labute approximate surface area is 103 Å². The van der Waals surface area contributed by atoms with Crippen molar-refractivity contribution >= 4 is 38.6 Å². The van der Waals surface area contributed by atoms with Gasteiger partial charge < -0.3 is 11.1 Å². The number of nitrogens with one attached hydrogen (secondary N) is 1. The predicted octanol–water partition coefficient (Wildman–Crippen LogP) is 3.62. The lowest BCUT2D eigenvalue weighted by molar-refractivity contribution is 1.49. The molecule has 0 atom stereocenters. The van der Waals surface area contributed by atoms with Crippen LogP contribution in [0.3, 0.4) is 0 Å². The summed E-state index contributed by atoms with van der Waals surface area (Å²) in [7, 11) is 0. The highest BCUT2D eigenvalue weighted by molar-refractivity contribution is 7.16. The van der Waals surface area contributed by atoms with Gasteiger partial charge >= 0.3 is 0 Å². The molecule has 0 aliphatic heterocycles. The average molecular weight is 241 g/mol. The summed E-state index contributed by atoms with van der Waals surface area (Å²) in [6, 6.07) is 13.8. The van der Waals surface area contributed by atoms with Crippen LogP contribution in [0.4, 0.5) is 17.1 Å². The van der Waals surface area contributed by atoms with Crippen LogP contribution in [0, 0.1) is 0 Å². The van der Waals surface area contributed by atoms with Gasteiger partial charge in [-0.2, -0.15) is 0 Å². The van der Waals surface area contributed by atoms with Gasteiger partial charge in [0.05, 0.1) is 27.1 Å². The molecule has 0 unspecified atom stereocenters. The average Bonchev–Trinajstić information content (AvgIpc) is 2.79. The quantitative estimate of drug-likeness (QED) is 0.674. The summed E-state index contributed by atoms with van der Waals surface area (Å²) in [6.45, 7) is 0. The maximum absolute atomic E-state index is 5.89. The van der Waals surface area contributed by atoms with Crippen molar-refractivity contribution in [3.05, 3.63) is 48.0 Å². The number of hydrogen-bond acceptors (Lipinski definition) is 4. The SMILES string of the molecule is Nc1ccccc1Nc1ccc2ncsc2c1. The van der Waals surface area contributed by atoms with Crippen LogP contribution in [-0.4, -0.2) is 4.98 Å². The fourth-order valence-electron chi connectivity index (χ4n) is 1.70. The second-order valence-electron chi connectivity index (χ2n) is 3.75. The van der Waals surface area contributed by atoms with E-state index in [9.17, 15) is 0 Å². The van der Waals surface area contributed by atoms with Crippen molar-refractivity contribution in [3.8, 4) is 0 Å². The molecule has 2 aromatic carbocycles. The van der Waals surface area contributed by atoms with Gasteiger partial charge in [0.2, 0.25) is 0 Å². The topological polar surface area (TPSA) is 50.9 Å². The molecule has 1 heterocycles. The summed E-state index contributed by atoms with van der Waals surface area (Å²) < 4.78 is 1.17. The van der Waals surface area contributed by atoms with Crippen molar-refractivity contribution in [1.29, 1.82) is 0 Å². The van der Waals surface area contributed by atoms with Gasteiger partial charge in [-0.05, 0) is 30.3 Å². The Kier molecular flexibility index (Phi) is 2.42. The third-order valence-corrected chi connectivity index (χ3v) is 3.36. The minimum absolute atomic E-state index is 0.747. The maximum atomic E-state index is 5.89. The largest absolute Gasteiger partial charge is 0.397 e. The number of benzene rings is 2. The van der Waals surface area contributed by atoms with E-state index in [1.807, 2.05) is 41.9 Å². The molecule has 17 heavy (non-hydrogen) atoms. The first kappa shape index (κ1) is 10.1. The highest BCUT2D eigenvalue weighted by Gasteiger charge is 2.01. The van der Waals surface area contributed by atoms with E-state index < -0.39 is 0 Å². The number of nitrogens with two attached hydrogens (primary N) is 1. The van der Waals surface area contributed by atoms with Crippen molar-refractivity contribution in [1.82, 2.24) is 4.98 Å². The van der Waals surface area contributed by atoms with Gasteiger partial charge in [-0.25, -0.2) is 4.98 Å². The lowest BCUT2D eigenvalue weighted by Gasteiger charge is -2.08. The molecule has 0 radical (unpaired) electrons. The molecule has 3 nitrogen and oxygen atoms in total. The summed E-state index contributed by atoms with van der Waals surface area (Å²) in [5.74, 6) is 0. The summed E-state index contributed by atoms with van der Waals surface area (Å²) in [6.07, 6.45) is 0. The molecule has 0 saturated carbocycles. The molecular weight excluding hydrogens is 230 g/mol. The molecule has 1 aromatic heterocycles. The molecule has 84 valence electrons. The lowest BCUT2D eigenvalue weighted by atomic mass is 10.2. The number of para-hydroxylation sites is 2. The van der Waals surface area contributed by atoms with Crippen molar-refractivity contribution in [2.24, 2.45) is 0 Å². The Balaban J connectivity index is 1.97. The Bertz CT molecular complexity index is 660. The summed E-state index contributed by atoms with van der Waals surface area (Å²) in [5.41, 5.74) is 11.5. The minimum Gasteiger partial charge on any atom is -0.397 e. The van der Waals surface area contributed by atoms with Crippen molar-refractivity contribution in [2.45, 2.75) is 0 Å². The van der Waals surface area contributed by atoms with Crippen molar-refractivity contribution in [2.75, 3.05) is 11.1 Å². The van der Waals surface area contributed by atoms with Crippen LogP contribution >= 0.6 is 11.3 Å². The minimum atomic E-state index is 0.747. The highest BCUT2D eigenvalue weighted by Crippen LogP contribution is 2.26. The summed E-state index contributed by atoms with van der Waals surface area (Å²) in [5, 5.41) is 3.31. The third-order valence-electron chi connectivity index (χ3n) is 2.57. The molecule has 0 spiro atoms. The van der Waals surface area contributed by atoms with Gasteiger partial charge in [0.15, 0.2) is 0 Å². The molecule has 3 aromatic rings. The van der Waals surface area contributed by atoms with Crippen LogP contribution in [0.25, 0.3) is 10.2 Å². The van der Waals surface area contributed by atoms with E-state index in [2.05, 4.69) is 16.4 Å². The molecule has 3 N–H and O–H groups in total. The Hall–Kier alpha value is -2.07. The standard InChI is InChI=1S/C13H11N3S/c14-10-3-1-2-4-11(10)16-9-5-6-12-13(7-9)17-8-15-12/h1-8,16H,14H2. The van der Waals surface area contributed by atoms with E-state index in [0.717, 1.165) is 22.6 Å². The van der Waals surface area contributed by atoms with Crippen molar-refractivity contribution in [3.63, 3.8) is 0 Å². The van der Waals surface area contributed by atoms with Gasteiger partial charge in [0.1, 0.15) is 0 Å². The molecule has 0 saturated heterocycles. The monoisotopic (exact) mass is 241 g/mol. The first-order valence-electron chi connectivity index (χ1n) is 5.28. The number of nitrogen functional groups attached to an aromatic ring is 1. The zero-order valence-electron chi connectivity index (χ0n) is 9.05. The first-order valence-corrected chi connectivity index (χ1v) is 6.16. The predicted molar refractivity (Wildman–Crippen MR) is 73.8 cm³/mol. The molecule has 0 aliphatic rings. The number of fused-ring (bicyclic) bond motifs is 1. The van der Waals surface area contributed by atoms with E-state index in [0.29, 0.717) is 0 Å². The van der Waals surface area contributed by atoms with Crippen LogP contribution < -0.4 is 11.1 Å². The van der Waals surface area contributed by atoms with Crippen LogP contribution in [-0.2, 0) is 0 Å². The zero-order valence-corrected chi connectivity index (χ0v) is 9.87. The summed E-state index contributed by atoms with van der Waals surface area (Å²) >= 11 is 1.63. The van der Waals surface area contributed by atoms with Crippen molar-refractivity contribution < 1.29 is 0 Å². The smallest absolute Gasteiger partial charge is 0.0813 e. The molecule has 0 aliphatic carbocycles. The van der Waals surface area contributed by atoms with Crippen LogP contribution in [0.15, 0.2) is 48.0 Å². The first-order chi connectivity index (χ1) is 8.33. The van der Waals surface area contributed by atoms with E-state index in [4.69, 9.17) is 5.73 Å². The number of hydrogen-bond donors (Lipinski definition) is 2. The number of aromatic nitrogens is 1. The van der Waals surface area contributed by atoms with E-state index in [1.54, 1.807) is 11.3 Å². The van der Waals surface area contributed by atoms with Gasteiger partial charge in [-0.1, -0.05) is 12.1 Å². The number of nitrogens with zero attached hydrogens (tertiary/aromatic N) is 1. The Morgan fingerprint density at radius 3 is 2.88 bits per heavy atom. The zero-order chi connectivity index (χ0) is 11.7. The Morgan fingerprint density at radius 1 is 1.12 bits per heavy atom. The number of thiazole rings is 1. The van der Waals surface area contributed by atoms with Gasteiger partial charge in [-0.3, -0.25) is 0 Å². The van der Waals surface area contributed by atoms with E-state index in [1.165, 1.54) is 4.70 Å². The van der Waals surface area contributed by atoms with E-state index >= 15 is 0 Å². The lowest BCUT2D eigenvalue weighted by Crippen LogP contribution is -1.95. The fourth-order valence-corrected chi connectivity index (χ4v) is 2.42. The van der Waals surface area contributed by atoms with Crippen LogP contribution in [0.2, 0.25) is 0 Å². The maximum Gasteiger partial charge on any atom is 0.0813 e. The molecule has 0 amide bonds. The molecule has 0 bridgehead atoms. The number of rotatable bonds is 2. The molecule has 0 fully saturated rings. The second kappa shape index (κ2) is 4.07. The fraction of sp³-hybridized carbons (Fsp3) is 0. The van der Waals surface area contributed by atoms with Gasteiger partial charge in [0.25, 0.3) is 0 Å². The van der Waals surface area contributed by atoms with Gasteiger partial charge in [-0.15, -0.1) is 11.3 Å². The van der Waals surface area contributed by atoms with Gasteiger partial charge in [0, 0.05) is 5.69 Å². The normalized spacial score (nSPS) is 10.6. The highest BCUT2D eigenvalue weighted by atomic mass is 32.1. The van der Waals surface area contributed by atoms with Crippen LogP contribution in [0.5, 0.6) is 0 Å².